The Labute approximate surface area is 114 Å². The highest BCUT2D eigenvalue weighted by atomic mass is 35.5. The second-order valence-electron chi connectivity index (χ2n) is 4.02. The lowest BCUT2D eigenvalue weighted by Gasteiger charge is -2.36. The van der Waals surface area contributed by atoms with Crippen LogP contribution in [-0.2, 0) is 0 Å². The summed E-state index contributed by atoms with van der Waals surface area (Å²) in [6.07, 6.45) is 0. The van der Waals surface area contributed by atoms with Gasteiger partial charge in [0.25, 0.3) is 0 Å². The van der Waals surface area contributed by atoms with Crippen molar-refractivity contribution >= 4 is 17.3 Å². The molecule has 1 atom stereocenters. The number of nitrogens with one attached hydrogen (secondary N) is 1. The first-order chi connectivity index (χ1) is 8.72. The van der Waals surface area contributed by atoms with Gasteiger partial charge in [-0.2, -0.15) is 5.26 Å². The molecule has 1 aromatic carbocycles. The molecule has 1 heterocycles. The minimum atomic E-state index is 0.456. The van der Waals surface area contributed by atoms with Gasteiger partial charge in [0, 0.05) is 31.4 Å². The Morgan fingerprint density at radius 2 is 2.17 bits per heavy atom. The summed E-state index contributed by atoms with van der Waals surface area (Å²) in [7, 11) is 0. The van der Waals surface area contributed by atoms with E-state index in [0.717, 1.165) is 25.3 Å². The smallest absolute Gasteiger partial charge is 0.101 e. The van der Waals surface area contributed by atoms with E-state index in [9.17, 15) is 0 Å². The second kappa shape index (κ2) is 7.25. The highest BCUT2D eigenvalue weighted by Crippen LogP contribution is 2.25. The van der Waals surface area contributed by atoms with Crippen LogP contribution in [-0.4, -0.2) is 25.7 Å². The molecular weight excluding hydrogens is 246 g/mol. The lowest BCUT2D eigenvalue weighted by atomic mass is 10.1. The van der Waals surface area contributed by atoms with Crippen LogP contribution in [0.2, 0.25) is 5.02 Å². The Hall–Kier alpha value is -1.24. The van der Waals surface area contributed by atoms with E-state index < -0.39 is 0 Å². The largest absolute Gasteiger partial charge is 0.366 e. The van der Waals surface area contributed by atoms with Gasteiger partial charge in [-0.1, -0.05) is 25.4 Å². The highest BCUT2D eigenvalue weighted by Gasteiger charge is 2.18. The Balaban J connectivity index is 0.000000771. The summed E-state index contributed by atoms with van der Waals surface area (Å²) in [5.74, 6) is 0. The molecule has 1 N–H and O–H groups in total. The number of nitriles is 1. The Morgan fingerprint density at radius 1 is 1.44 bits per heavy atom. The third kappa shape index (κ3) is 3.38. The monoisotopic (exact) mass is 265 g/mol. The summed E-state index contributed by atoms with van der Waals surface area (Å²) in [5.41, 5.74) is 1.63. The molecule has 0 radical (unpaired) electrons. The fraction of sp³-hybridized carbons (Fsp3) is 0.500. The fourth-order valence-electron chi connectivity index (χ4n) is 2.00. The van der Waals surface area contributed by atoms with Crippen LogP contribution in [0.4, 0.5) is 5.69 Å². The Kier molecular flexibility index (Phi) is 5.97. The standard InChI is InChI=1S/C12H14ClN3.C2H6/c1-9-8-15-4-5-16(9)11-3-2-10(7-14)12(13)6-11;1-2/h2-3,6,9,15H,4-5,8H2,1H3;1-2H3. The van der Waals surface area contributed by atoms with Gasteiger partial charge in [0.1, 0.15) is 6.07 Å². The minimum absolute atomic E-state index is 0.456. The quantitative estimate of drug-likeness (QED) is 0.848. The summed E-state index contributed by atoms with van der Waals surface area (Å²) in [6, 6.07) is 8.16. The maximum atomic E-state index is 8.81. The number of piperazine rings is 1. The molecule has 1 unspecified atom stereocenters. The van der Waals surface area contributed by atoms with E-state index in [4.69, 9.17) is 16.9 Å². The molecule has 1 fully saturated rings. The van der Waals surface area contributed by atoms with Crippen LogP contribution in [0.25, 0.3) is 0 Å². The number of hydrogen-bond acceptors (Lipinski definition) is 3. The summed E-state index contributed by atoms with van der Waals surface area (Å²) in [4.78, 5) is 2.31. The number of hydrogen-bond donors (Lipinski definition) is 1. The van der Waals surface area contributed by atoms with Crippen molar-refractivity contribution in [2.45, 2.75) is 26.8 Å². The van der Waals surface area contributed by atoms with E-state index in [1.54, 1.807) is 6.07 Å². The van der Waals surface area contributed by atoms with Gasteiger partial charge in [-0.15, -0.1) is 0 Å². The average Bonchev–Trinajstić information content (AvgIpc) is 2.41. The molecule has 98 valence electrons. The van der Waals surface area contributed by atoms with Crippen molar-refractivity contribution in [1.82, 2.24) is 5.32 Å². The minimum Gasteiger partial charge on any atom is -0.366 e. The zero-order valence-electron chi connectivity index (χ0n) is 11.2. The first-order valence-electron chi connectivity index (χ1n) is 6.39. The molecule has 0 amide bonds. The molecule has 0 bridgehead atoms. The highest BCUT2D eigenvalue weighted by molar-refractivity contribution is 6.32. The van der Waals surface area contributed by atoms with Crippen molar-refractivity contribution in [3.63, 3.8) is 0 Å². The van der Waals surface area contributed by atoms with Gasteiger partial charge in [-0.25, -0.2) is 0 Å². The average molecular weight is 266 g/mol. The van der Waals surface area contributed by atoms with E-state index in [0.29, 0.717) is 16.6 Å². The SMILES string of the molecule is CC.CC1CNCCN1c1ccc(C#N)c(Cl)c1. The molecule has 0 saturated carbocycles. The molecule has 0 spiro atoms. The molecule has 1 aliphatic rings. The zero-order valence-corrected chi connectivity index (χ0v) is 12.0. The first kappa shape index (κ1) is 14.8. The Morgan fingerprint density at radius 3 is 2.72 bits per heavy atom. The number of anilines is 1. The molecular formula is C14H20ClN3. The molecule has 18 heavy (non-hydrogen) atoms. The third-order valence-corrected chi connectivity index (χ3v) is 3.22. The van der Waals surface area contributed by atoms with Gasteiger partial charge < -0.3 is 10.2 Å². The second-order valence-corrected chi connectivity index (χ2v) is 4.43. The van der Waals surface area contributed by atoms with Crippen molar-refractivity contribution in [3.8, 4) is 6.07 Å². The van der Waals surface area contributed by atoms with E-state index >= 15 is 0 Å². The van der Waals surface area contributed by atoms with Crippen molar-refractivity contribution < 1.29 is 0 Å². The van der Waals surface area contributed by atoms with Crippen LogP contribution in [0.15, 0.2) is 18.2 Å². The molecule has 3 nitrogen and oxygen atoms in total. The first-order valence-corrected chi connectivity index (χ1v) is 6.77. The van der Waals surface area contributed by atoms with Crippen LogP contribution < -0.4 is 10.2 Å². The number of nitrogens with zero attached hydrogens (tertiary/aromatic N) is 2. The summed E-state index contributed by atoms with van der Waals surface area (Å²) >= 11 is 6.03. The zero-order chi connectivity index (χ0) is 13.5. The van der Waals surface area contributed by atoms with Crippen molar-refractivity contribution in [1.29, 1.82) is 5.26 Å². The summed E-state index contributed by atoms with van der Waals surface area (Å²) in [6.45, 7) is 9.13. The van der Waals surface area contributed by atoms with Crippen molar-refractivity contribution in [2.24, 2.45) is 0 Å². The summed E-state index contributed by atoms with van der Waals surface area (Å²) in [5, 5.41) is 12.7. The van der Waals surface area contributed by atoms with Crippen LogP contribution in [0.1, 0.15) is 26.3 Å². The molecule has 1 aliphatic heterocycles. The predicted molar refractivity (Wildman–Crippen MR) is 77.2 cm³/mol. The van der Waals surface area contributed by atoms with E-state index in [1.807, 2.05) is 26.0 Å². The third-order valence-electron chi connectivity index (χ3n) is 2.91. The van der Waals surface area contributed by atoms with Crippen LogP contribution in [0.5, 0.6) is 0 Å². The van der Waals surface area contributed by atoms with Gasteiger partial charge in [0.2, 0.25) is 0 Å². The summed E-state index contributed by atoms with van der Waals surface area (Å²) < 4.78 is 0. The van der Waals surface area contributed by atoms with Crippen molar-refractivity contribution in [3.05, 3.63) is 28.8 Å². The Bertz CT molecular complexity index is 426. The molecule has 2 rings (SSSR count). The molecule has 1 aromatic rings. The van der Waals surface area contributed by atoms with E-state index in [1.165, 1.54) is 0 Å². The topological polar surface area (TPSA) is 39.1 Å². The molecule has 0 aliphatic carbocycles. The number of halogens is 1. The van der Waals surface area contributed by atoms with Crippen LogP contribution in [0, 0.1) is 11.3 Å². The van der Waals surface area contributed by atoms with Gasteiger partial charge in [-0.05, 0) is 25.1 Å². The van der Waals surface area contributed by atoms with Crippen LogP contribution in [0.3, 0.4) is 0 Å². The van der Waals surface area contributed by atoms with Crippen LogP contribution >= 0.6 is 11.6 Å². The fourth-order valence-corrected chi connectivity index (χ4v) is 2.22. The van der Waals surface area contributed by atoms with Gasteiger partial charge in [0.05, 0.1) is 10.6 Å². The van der Waals surface area contributed by atoms with Gasteiger partial charge >= 0.3 is 0 Å². The van der Waals surface area contributed by atoms with Gasteiger partial charge in [-0.3, -0.25) is 0 Å². The lowest BCUT2D eigenvalue weighted by molar-refractivity contribution is 0.501. The molecule has 0 aromatic heterocycles. The number of benzene rings is 1. The molecule has 4 heteroatoms. The maximum Gasteiger partial charge on any atom is 0.101 e. The maximum absolute atomic E-state index is 8.81. The lowest BCUT2D eigenvalue weighted by Crippen LogP contribution is -2.49. The van der Waals surface area contributed by atoms with E-state index in [2.05, 4.69) is 23.2 Å². The van der Waals surface area contributed by atoms with Crippen molar-refractivity contribution in [2.75, 3.05) is 24.5 Å². The van der Waals surface area contributed by atoms with E-state index in [-0.39, 0.29) is 0 Å². The van der Waals surface area contributed by atoms with Gasteiger partial charge in [0.15, 0.2) is 0 Å². The predicted octanol–water partition coefficient (Wildman–Crippen LogP) is 3.04. The number of rotatable bonds is 1. The molecule has 1 saturated heterocycles. The normalized spacial score (nSPS) is 18.6.